The molecule has 12 nitrogen and oxygen atoms in total. The van der Waals surface area contributed by atoms with E-state index in [0.717, 1.165) is 53.7 Å². The van der Waals surface area contributed by atoms with Gasteiger partial charge in [0.05, 0.1) is 24.8 Å². The lowest BCUT2D eigenvalue weighted by atomic mass is 9.55. The Kier molecular flexibility index (Phi) is 14.2. The second-order valence-electron chi connectivity index (χ2n) is 17.8. The third-order valence-electron chi connectivity index (χ3n) is 12.5. The number of carbonyl (C=O) groups excluding carboxylic acids is 1. The monoisotopic (exact) mass is 852 g/mol. The molecule has 4 aliphatic rings. The second kappa shape index (κ2) is 19.6. The number of ether oxygens (including phenoxy) is 6. The number of hydrogen-bond donors (Lipinski definition) is 2. The molecule has 3 aromatic rings. The number of hydrogen-bond acceptors (Lipinski definition) is 11. The summed E-state index contributed by atoms with van der Waals surface area (Å²) in [5.41, 5.74) is 5.13. The summed E-state index contributed by atoms with van der Waals surface area (Å²) in [6.45, 7) is 16.7. The fourth-order valence-electron chi connectivity index (χ4n) is 9.56. The van der Waals surface area contributed by atoms with Crippen LogP contribution in [0, 0.1) is 31.6 Å². The van der Waals surface area contributed by atoms with Gasteiger partial charge in [-0.05, 0) is 144 Å². The number of allylic oxidation sites excluding steroid dienone is 1. The van der Waals surface area contributed by atoms with Gasteiger partial charge in [-0.25, -0.2) is 4.79 Å². The number of oxime groups is 1. The van der Waals surface area contributed by atoms with Crippen molar-refractivity contribution in [3.8, 4) is 28.7 Å². The molecule has 2 aliphatic heterocycles. The number of unbranched alkanes of at least 4 members (excludes halogenated alkanes) is 2. The van der Waals surface area contributed by atoms with Crippen LogP contribution in [0.4, 0.5) is 4.79 Å². The van der Waals surface area contributed by atoms with E-state index in [1.165, 1.54) is 5.56 Å². The maximum Gasteiger partial charge on any atom is 0.410 e. The Morgan fingerprint density at radius 3 is 2.39 bits per heavy atom. The van der Waals surface area contributed by atoms with Crippen molar-refractivity contribution in [2.75, 3.05) is 33.2 Å². The first kappa shape index (κ1) is 45.0. The van der Waals surface area contributed by atoms with Crippen LogP contribution in [0.2, 0.25) is 0 Å². The first-order chi connectivity index (χ1) is 29.9. The van der Waals surface area contributed by atoms with E-state index >= 15 is 0 Å². The van der Waals surface area contributed by atoms with Crippen molar-refractivity contribution in [2.45, 2.75) is 116 Å². The number of aliphatic hydroxyl groups excluding tert-OH is 2. The van der Waals surface area contributed by atoms with Crippen LogP contribution in [0.3, 0.4) is 0 Å². The minimum atomic E-state index is -1.46. The number of rotatable bonds is 18. The molecule has 6 atom stereocenters. The molecule has 0 unspecified atom stereocenters. The van der Waals surface area contributed by atoms with Gasteiger partial charge in [0, 0.05) is 37.7 Å². The van der Waals surface area contributed by atoms with Crippen LogP contribution in [0.25, 0.3) is 0 Å². The van der Waals surface area contributed by atoms with Crippen molar-refractivity contribution >= 4 is 11.8 Å². The summed E-state index contributed by atoms with van der Waals surface area (Å²) in [7, 11) is 0. The molecule has 334 valence electrons. The zero-order valence-electron chi connectivity index (χ0n) is 37.2. The summed E-state index contributed by atoms with van der Waals surface area (Å²) >= 11 is 0. The third kappa shape index (κ3) is 9.62. The predicted molar refractivity (Wildman–Crippen MR) is 237 cm³/mol. The summed E-state index contributed by atoms with van der Waals surface area (Å²) in [6, 6.07) is 17.0. The summed E-state index contributed by atoms with van der Waals surface area (Å²) in [5.74, 6) is 1.25. The molecule has 2 N–H and O–H groups in total. The first-order valence-electron chi connectivity index (χ1n) is 22.2. The lowest BCUT2D eigenvalue weighted by Gasteiger charge is -2.60. The van der Waals surface area contributed by atoms with Crippen LogP contribution in [0.15, 0.2) is 84.1 Å². The quantitative estimate of drug-likeness (QED) is 0.0723. The van der Waals surface area contributed by atoms with Crippen LogP contribution in [0.1, 0.15) is 101 Å². The largest absolute Gasteiger partial charge is 0.459 e. The normalized spacial score (nSPS) is 24.0. The van der Waals surface area contributed by atoms with Gasteiger partial charge in [0.2, 0.25) is 12.6 Å². The average Bonchev–Trinajstić information content (AvgIpc) is 3.72. The Morgan fingerprint density at radius 2 is 1.66 bits per heavy atom. The van der Waals surface area contributed by atoms with E-state index in [1.807, 2.05) is 63.2 Å². The molecule has 62 heavy (non-hydrogen) atoms. The van der Waals surface area contributed by atoms with E-state index in [-0.39, 0.29) is 63.9 Å². The Labute approximate surface area is 366 Å². The molecule has 2 aliphatic carbocycles. The van der Waals surface area contributed by atoms with Crippen molar-refractivity contribution in [3.05, 3.63) is 101 Å². The van der Waals surface area contributed by atoms with Gasteiger partial charge in [0.15, 0.2) is 11.5 Å². The van der Waals surface area contributed by atoms with E-state index in [1.54, 1.807) is 17.9 Å². The fraction of sp³-hybridized carbons (Fsp3) is 0.520. The van der Waals surface area contributed by atoms with E-state index in [4.69, 9.17) is 38.4 Å². The van der Waals surface area contributed by atoms with Crippen LogP contribution in [0.5, 0.6) is 28.7 Å². The summed E-state index contributed by atoms with van der Waals surface area (Å²) in [5, 5.41) is 24.9. The number of fused-ring (bicyclic) bond motifs is 3. The highest BCUT2D eigenvalue weighted by Gasteiger charge is 2.65. The van der Waals surface area contributed by atoms with Gasteiger partial charge in [-0.3, -0.25) is 4.90 Å². The van der Waals surface area contributed by atoms with Gasteiger partial charge < -0.3 is 43.5 Å². The number of aryl methyl sites for hydroxylation is 2. The Morgan fingerprint density at radius 1 is 0.935 bits per heavy atom. The number of benzene rings is 3. The van der Waals surface area contributed by atoms with Gasteiger partial charge in [-0.2, -0.15) is 0 Å². The molecule has 2 heterocycles. The van der Waals surface area contributed by atoms with Crippen LogP contribution in [-0.4, -0.2) is 77.6 Å². The topological polar surface area (TPSA) is 138 Å². The molecule has 12 heteroatoms. The van der Waals surface area contributed by atoms with E-state index < -0.39 is 29.4 Å². The molecule has 1 fully saturated rings. The smallest absolute Gasteiger partial charge is 0.410 e. The van der Waals surface area contributed by atoms with Gasteiger partial charge >= 0.3 is 6.09 Å². The van der Waals surface area contributed by atoms with Crippen molar-refractivity contribution in [3.63, 3.8) is 0 Å². The first-order valence-corrected chi connectivity index (χ1v) is 22.2. The molecule has 0 spiro atoms. The molecule has 7 rings (SSSR count). The standard InChI is InChI=1S/C50H64N2O10/c1-8-24-59-50-45(52(48(55)56-9-2)30-34-17-20-43-44(26-34)58-31-57-43)29-41(51-62-49(5,6)7)39-27-35(14-10-12-22-53)38(15-11-13-23-54)46(47(39)50)40-28-37(19-21-42(40)61-50)60-36-18-16-32(3)33(4)25-36/h8,16-21,25-28,35,38,45-47,53-54H,1,9-15,22-24,29-31H2,2-7H3/t35-,38+,45-,46+,47+,50+/m0/s1. The molecule has 3 aromatic carbocycles. The molecular weight excluding hydrogens is 789 g/mol. The Hall–Kier alpha value is -5.04. The van der Waals surface area contributed by atoms with Crippen molar-refractivity contribution in [1.29, 1.82) is 0 Å². The predicted octanol–water partition coefficient (Wildman–Crippen LogP) is 9.92. The van der Waals surface area contributed by atoms with Crippen molar-refractivity contribution in [2.24, 2.45) is 22.9 Å². The van der Waals surface area contributed by atoms with Crippen molar-refractivity contribution in [1.82, 2.24) is 4.90 Å². The summed E-state index contributed by atoms with van der Waals surface area (Å²) in [6.07, 6.45) is 8.37. The highest BCUT2D eigenvalue weighted by Crippen LogP contribution is 2.62. The number of carbonyl (C=O) groups is 1. The lowest BCUT2D eigenvalue weighted by Crippen LogP contribution is -2.70. The Bertz CT molecular complexity index is 2130. The highest BCUT2D eigenvalue weighted by molar-refractivity contribution is 6.03. The molecule has 1 saturated carbocycles. The highest BCUT2D eigenvalue weighted by atomic mass is 16.7. The molecule has 0 aromatic heterocycles. The molecule has 0 bridgehead atoms. The average molecular weight is 853 g/mol. The van der Waals surface area contributed by atoms with Crippen molar-refractivity contribution < 1.29 is 48.3 Å². The van der Waals surface area contributed by atoms with Crippen LogP contribution in [-0.2, 0) is 20.9 Å². The number of amides is 1. The summed E-state index contributed by atoms with van der Waals surface area (Å²) < 4.78 is 38.4. The van der Waals surface area contributed by atoms with Gasteiger partial charge in [-0.15, -0.1) is 6.58 Å². The molecular formula is C50H64N2O10. The minimum Gasteiger partial charge on any atom is -0.459 e. The number of nitrogens with zero attached hydrogens (tertiary/aromatic N) is 2. The van der Waals surface area contributed by atoms with E-state index in [0.29, 0.717) is 41.6 Å². The van der Waals surface area contributed by atoms with Gasteiger partial charge in [0.25, 0.3) is 0 Å². The SMILES string of the molecule is C=CCO[C@@]12Oc3ccc(Oc4ccc(C)c(C)c4)cc3[C@H]3[C@H](CCCCO)[C@@H](CCCCO)C=C(C(=NOC(C)(C)C)C[C@@H]1N(Cc1ccc4c(c1)OCO4)C(=O)OCC)[C@H]32. The van der Waals surface area contributed by atoms with E-state index in [9.17, 15) is 15.0 Å². The van der Waals surface area contributed by atoms with Gasteiger partial charge in [-0.1, -0.05) is 42.3 Å². The maximum atomic E-state index is 14.6. The Balaban J connectivity index is 1.46. The number of aliphatic hydroxyl groups is 2. The second-order valence-corrected chi connectivity index (χ2v) is 17.8. The van der Waals surface area contributed by atoms with Gasteiger partial charge in [0.1, 0.15) is 28.9 Å². The van der Waals surface area contributed by atoms with Crippen LogP contribution < -0.4 is 18.9 Å². The lowest BCUT2D eigenvalue weighted by molar-refractivity contribution is -0.256. The van der Waals surface area contributed by atoms with E-state index in [2.05, 4.69) is 38.6 Å². The molecule has 0 radical (unpaired) electrons. The van der Waals surface area contributed by atoms with Crippen LogP contribution >= 0.6 is 0 Å². The molecule has 0 saturated heterocycles. The maximum absolute atomic E-state index is 14.6. The minimum absolute atomic E-state index is 0.0497. The zero-order chi connectivity index (χ0) is 44.0. The zero-order valence-corrected chi connectivity index (χ0v) is 37.2. The fourth-order valence-corrected chi connectivity index (χ4v) is 9.56. The molecule has 1 amide bonds. The third-order valence-corrected chi connectivity index (χ3v) is 12.5. The summed E-state index contributed by atoms with van der Waals surface area (Å²) in [4.78, 5) is 22.5.